The highest BCUT2D eigenvalue weighted by molar-refractivity contribution is 5.76. The van der Waals surface area contributed by atoms with E-state index in [2.05, 4.69) is 31.3 Å². The van der Waals surface area contributed by atoms with Crippen LogP contribution in [-0.2, 0) is 14.3 Å². The van der Waals surface area contributed by atoms with Gasteiger partial charge in [-0.1, -0.05) is 225 Å². The van der Waals surface area contributed by atoms with Crippen molar-refractivity contribution in [3.05, 3.63) is 12.2 Å². The Kier molecular flexibility index (Phi) is 45.1. The third kappa shape index (κ3) is 42.2. The van der Waals surface area contributed by atoms with E-state index in [1.807, 2.05) is 0 Å². The summed E-state index contributed by atoms with van der Waals surface area (Å²) in [7, 11) is 0. The molecule has 0 saturated heterocycles. The number of amides is 1. The van der Waals surface area contributed by atoms with Crippen LogP contribution in [0.4, 0.5) is 0 Å². The van der Waals surface area contributed by atoms with Crippen LogP contribution in [0.2, 0.25) is 0 Å². The van der Waals surface area contributed by atoms with Crippen LogP contribution in [0, 0.1) is 0 Å². The molecule has 0 fully saturated rings. The number of carbonyl (C=O) groups excluding carboxylic acids is 2. The van der Waals surface area contributed by atoms with E-state index >= 15 is 0 Å². The van der Waals surface area contributed by atoms with Gasteiger partial charge >= 0.3 is 5.97 Å². The second-order valence-corrected chi connectivity index (χ2v) is 17.1. The lowest BCUT2D eigenvalue weighted by atomic mass is 10.0. The molecular weight excluding hydrogens is 695 g/mol. The van der Waals surface area contributed by atoms with Crippen molar-refractivity contribution in [2.75, 3.05) is 13.2 Å². The molecule has 0 spiro atoms. The first-order valence-corrected chi connectivity index (χ1v) is 24.9. The lowest BCUT2D eigenvalue weighted by Gasteiger charge is -2.22. The van der Waals surface area contributed by atoms with Crippen LogP contribution in [-0.4, -0.2) is 47.4 Å². The smallest absolute Gasteiger partial charge is 0.305 e. The molecule has 0 aromatic carbocycles. The molecule has 2 atom stereocenters. The largest absolute Gasteiger partial charge is 0.466 e. The molecule has 0 saturated carbocycles. The summed E-state index contributed by atoms with van der Waals surface area (Å²) in [6.07, 6.45) is 51.7. The Morgan fingerprint density at radius 3 is 1.32 bits per heavy atom. The normalized spacial score (nSPS) is 12.7. The summed E-state index contributed by atoms with van der Waals surface area (Å²) in [6, 6.07) is -0.544. The van der Waals surface area contributed by atoms with E-state index in [1.165, 1.54) is 193 Å². The summed E-state index contributed by atoms with van der Waals surface area (Å²) in [6.45, 7) is 4.89. The fraction of sp³-hybridized carbons (Fsp3) is 0.920. The Balaban J connectivity index is 3.42. The third-order valence-electron chi connectivity index (χ3n) is 11.6. The van der Waals surface area contributed by atoms with Crippen molar-refractivity contribution in [3.63, 3.8) is 0 Å². The van der Waals surface area contributed by atoms with Gasteiger partial charge in [-0.15, -0.1) is 0 Å². The van der Waals surface area contributed by atoms with Crippen LogP contribution in [0.1, 0.15) is 271 Å². The topological polar surface area (TPSA) is 95.9 Å². The van der Waals surface area contributed by atoms with Gasteiger partial charge in [0, 0.05) is 12.8 Å². The molecule has 0 aliphatic carbocycles. The number of esters is 1. The number of carbonyl (C=O) groups is 2. The average Bonchev–Trinajstić information content (AvgIpc) is 3.20. The highest BCUT2D eigenvalue weighted by atomic mass is 16.5. The highest BCUT2D eigenvalue weighted by Crippen LogP contribution is 2.16. The number of ether oxygens (including phenoxy) is 1. The van der Waals surface area contributed by atoms with Crippen molar-refractivity contribution in [2.24, 2.45) is 0 Å². The average molecular weight is 792 g/mol. The molecule has 3 N–H and O–H groups in total. The molecule has 0 aliphatic heterocycles. The first kappa shape index (κ1) is 54.6. The lowest BCUT2D eigenvalue weighted by molar-refractivity contribution is -0.143. The molecule has 2 unspecified atom stereocenters. The van der Waals surface area contributed by atoms with Crippen molar-refractivity contribution >= 4 is 11.9 Å². The number of allylic oxidation sites excluding steroid dienone is 2. The van der Waals surface area contributed by atoms with Gasteiger partial charge in [0.05, 0.1) is 25.4 Å². The predicted octanol–water partition coefficient (Wildman–Crippen LogP) is 14.6. The van der Waals surface area contributed by atoms with E-state index in [-0.39, 0.29) is 18.5 Å². The van der Waals surface area contributed by atoms with Gasteiger partial charge in [0.1, 0.15) is 0 Å². The van der Waals surface area contributed by atoms with E-state index in [0.29, 0.717) is 25.9 Å². The minimum Gasteiger partial charge on any atom is -0.466 e. The summed E-state index contributed by atoms with van der Waals surface area (Å²) in [5.41, 5.74) is 0. The first-order valence-electron chi connectivity index (χ1n) is 24.9. The molecule has 0 radical (unpaired) electrons. The number of hydrogen-bond donors (Lipinski definition) is 3. The van der Waals surface area contributed by atoms with Gasteiger partial charge < -0.3 is 20.3 Å². The number of rotatable bonds is 46. The van der Waals surface area contributed by atoms with Crippen LogP contribution >= 0.6 is 0 Å². The van der Waals surface area contributed by atoms with Crippen LogP contribution < -0.4 is 5.32 Å². The second-order valence-electron chi connectivity index (χ2n) is 17.1. The molecule has 0 rings (SSSR count). The van der Waals surface area contributed by atoms with Crippen molar-refractivity contribution in [2.45, 2.75) is 283 Å². The maximum Gasteiger partial charge on any atom is 0.305 e. The lowest BCUT2D eigenvalue weighted by Crippen LogP contribution is -2.45. The van der Waals surface area contributed by atoms with Crippen molar-refractivity contribution in [3.8, 4) is 0 Å². The quantitative estimate of drug-likeness (QED) is 0.0324. The Labute approximate surface area is 349 Å². The summed E-state index contributed by atoms with van der Waals surface area (Å²) >= 11 is 0. The molecule has 0 bridgehead atoms. The molecule has 0 heterocycles. The fourth-order valence-electron chi connectivity index (χ4n) is 7.68. The van der Waals surface area contributed by atoms with Crippen LogP contribution in [0.15, 0.2) is 12.2 Å². The second kappa shape index (κ2) is 46.3. The Morgan fingerprint density at radius 1 is 0.482 bits per heavy atom. The van der Waals surface area contributed by atoms with E-state index in [0.717, 1.165) is 44.9 Å². The van der Waals surface area contributed by atoms with E-state index in [4.69, 9.17) is 4.74 Å². The summed E-state index contributed by atoms with van der Waals surface area (Å²) in [4.78, 5) is 24.4. The van der Waals surface area contributed by atoms with E-state index in [1.54, 1.807) is 0 Å². The van der Waals surface area contributed by atoms with Crippen LogP contribution in [0.3, 0.4) is 0 Å². The number of unbranched alkanes of at least 4 members (excludes halogenated alkanes) is 33. The van der Waals surface area contributed by atoms with Crippen molar-refractivity contribution in [1.82, 2.24) is 5.32 Å². The fourth-order valence-corrected chi connectivity index (χ4v) is 7.68. The zero-order chi connectivity index (χ0) is 40.8. The van der Waals surface area contributed by atoms with Gasteiger partial charge in [-0.3, -0.25) is 9.59 Å². The molecule has 56 heavy (non-hydrogen) atoms. The molecule has 1 amide bonds. The maximum absolute atomic E-state index is 12.4. The minimum atomic E-state index is -0.667. The van der Waals surface area contributed by atoms with Gasteiger partial charge in [0.25, 0.3) is 0 Å². The zero-order valence-corrected chi connectivity index (χ0v) is 37.6. The molecule has 0 aromatic rings. The summed E-state index contributed by atoms with van der Waals surface area (Å²) in [5, 5.41) is 23.1. The Morgan fingerprint density at radius 2 is 0.857 bits per heavy atom. The summed E-state index contributed by atoms with van der Waals surface area (Å²) in [5.74, 6) is -0.0504. The molecule has 0 aromatic heterocycles. The number of hydrogen-bond acceptors (Lipinski definition) is 5. The Hall–Kier alpha value is -1.40. The van der Waals surface area contributed by atoms with Gasteiger partial charge in [0.2, 0.25) is 5.91 Å². The van der Waals surface area contributed by atoms with Crippen molar-refractivity contribution in [1.29, 1.82) is 0 Å². The van der Waals surface area contributed by atoms with Gasteiger partial charge in [-0.25, -0.2) is 0 Å². The Bertz CT molecular complexity index is 832. The van der Waals surface area contributed by atoms with E-state index in [9.17, 15) is 19.8 Å². The van der Waals surface area contributed by atoms with Gasteiger partial charge in [-0.2, -0.15) is 0 Å². The number of nitrogens with one attached hydrogen (secondary N) is 1. The SMILES string of the molecule is CCCC/C=C\CCCCCCCC(=O)OCCCCCCCCCCCCCCCCCCC(=O)NC(CO)C(O)CCCCCCCCCCCCCC. The van der Waals surface area contributed by atoms with E-state index < -0.39 is 12.1 Å². The van der Waals surface area contributed by atoms with Crippen LogP contribution in [0.25, 0.3) is 0 Å². The highest BCUT2D eigenvalue weighted by Gasteiger charge is 2.20. The third-order valence-corrected chi connectivity index (χ3v) is 11.6. The monoisotopic (exact) mass is 792 g/mol. The van der Waals surface area contributed by atoms with Gasteiger partial charge in [-0.05, 0) is 44.9 Å². The maximum atomic E-state index is 12.4. The molecule has 332 valence electrons. The molecule has 0 aliphatic rings. The zero-order valence-electron chi connectivity index (χ0n) is 37.6. The summed E-state index contributed by atoms with van der Waals surface area (Å²) < 4.78 is 5.44. The molecule has 6 nitrogen and oxygen atoms in total. The molecule has 6 heteroatoms. The first-order chi connectivity index (χ1) is 27.5. The number of aliphatic hydroxyl groups is 2. The van der Waals surface area contributed by atoms with Crippen molar-refractivity contribution < 1.29 is 24.5 Å². The number of aliphatic hydroxyl groups excluding tert-OH is 2. The molecular formula is C50H97NO5. The minimum absolute atomic E-state index is 0.00801. The van der Waals surface area contributed by atoms with Crippen LogP contribution in [0.5, 0.6) is 0 Å². The van der Waals surface area contributed by atoms with Gasteiger partial charge in [0.15, 0.2) is 0 Å². The predicted molar refractivity (Wildman–Crippen MR) is 241 cm³/mol. The standard InChI is InChI=1S/C50H97NO5/c1-3-5-7-9-11-13-15-23-26-30-34-38-42-48(53)47(46-52)51-49(54)43-39-35-31-27-24-20-18-16-17-19-21-25-29-33-37-41-45-56-50(55)44-40-36-32-28-22-14-12-10-8-6-4-2/h10,12,47-48,52-53H,3-9,11,13-46H2,1-2H3,(H,51,54)/b12-10-.